The summed E-state index contributed by atoms with van der Waals surface area (Å²) in [5.41, 5.74) is 3.22. The maximum atomic E-state index is 12.5. The lowest BCUT2D eigenvalue weighted by Gasteiger charge is -2.18. The van der Waals surface area contributed by atoms with Crippen LogP contribution < -0.4 is 14.8 Å². The molecule has 0 saturated heterocycles. The van der Waals surface area contributed by atoms with Gasteiger partial charge in [0, 0.05) is 29.7 Å². The van der Waals surface area contributed by atoms with Crippen molar-refractivity contribution in [2.75, 3.05) is 18.5 Å². The fourth-order valence-electron chi connectivity index (χ4n) is 3.26. The summed E-state index contributed by atoms with van der Waals surface area (Å²) in [5, 5.41) is 2.93. The van der Waals surface area contributed by atoms with Crippen LogP contribution in [0.2, 0.25) is 0 Å². The lowest BCUT2D eigenvalue weighted by atomic mass is 10.0. The molecule has 1 heterocycles. The third-order valence-electron chi connectivity index (χ3n) is 4.73. The second-order valence-corrected chi connectivity index (χ2v) is 6.74. The van der Waals surface area contributed by atoms with E-state index >= 15 is 0 Å². The van der Waals surface area contributed by atoms with Crippen LogP contribution in [0.4, 0.5) is 5.69 Å². The second-order valence-electron chi connectivity index (χ2n) is 6.74. The Labute approximate surface area is 169 Å². The number of carbonyl (C=O) groups is 2. The molecule has 1 N–H and O–H groups in total. The minimum atomic E-state index is -0.195. The number of carbonyl (C=O) groups excluding carboxylic acids is 2. The number of Topliss-reactive ketones (excluding diaryl/α,β-unsaturated/α-hetero) is 1. The van der Waals surface area contributed by atoms with E-state index in [-0.39, 0.29) is 24.5 Å². The smallest absolute Gasteiger partial charge is 0.224 e. The Morgan fingerprint density at radius 1 is 0.793 bits per heavy atom. The molecule has 0 saturated carbocycles. The molecule has 0 unspecified atom stereocenters. The number of rotatable bonds is 6. The van der Waals surface area contributed by atoms with Crippen molar-refractivity contribution in [2.45, 2.75) is 12.8 Å². The number of ether oxygens (including phenoxy) is 2. The van der Waals surface area contributed by atoms with Gasteiger partial charge in [-0.2, -0.15) is 0 Å². The summed E-state index contributed by atoms with van der Waals surface area (Å²) >= 11 is 0. The van der Waals surface area contributed by atoms with Gasteiger partial charge in [0.25, 0.3) is 0 Å². The van der Waals surface area contributed by atoms with E-state index in [0.29, 0.717) is 30.3 Å². The zero-order valence-corrected chi connectivity index (χ0v) is 15.9. The number of benzene rings is 3. The normalized spacial score (nSPS) is 12.3. The van der Waals surface area contributed by atoms with Crippen molar-refractivity contribution in [3.63, 3.8) is 0 Å². The van der Waals surface area contributed by atoms with Crippen LogP contribution in [0.5, 0.6) is 11.5 Å². The van der Waals surface area contributed by atoms with Crippen molar-refractivity contribution in [3.05, 3.63) is 78.4 Å². The maximum Gasteiger partial charge on any atom is 0.224 e. The van der Waals surface area contributed by atoms with Crippen LogP contribution in [0.1, 0.15) is 23.2 Å². The molecular formula is C24H21NO4. The molecule has 5 nitrogen and oxygen atoms in total. The first-order valence-electron chi connectivity index (χ1n) is 9.58. The Balaban J connectivity index is 1.39. The van der Waals surface area contributed by atoms with Gasteiger partial charge in [-0.3, -0.25) is 9.59 Å². The number of hydrogen-bond donors (Lipinski definition) is 1. The maximum absolute atomic E-state index is 12.5. The van der Waals surface area contributed by atoms with Gasteiger partial charge in [0.1, 0.15) is 13.2 Å². The Kier molecular flexibility index (Phi) is 5.56. The van der Waals surface area contributed by atoms with Gasteiger partial charge in [-0.25, -0.2) is 0 Å². The van der Waals surface area contributed by atoms with E-state index in [9.17, 15) is 9.59 Å². The quantitative estimate of drug-likeness (QED) is 0.621. The molecule has 4 rings (SSSR count). The van der Waals surface area contributed by atoms with Crippen LogP contribution in [-0.2, 0) is 4.79 Å². The molecule has 0 spiro atoms. The average Bonchev–Trinajstić information content (AvgIpc) is 2.78. The number of anilines is 1. The highest BCUT2D eigenvalue weighted by atomic mass is 16.6. The highest BCUT2D eigenvalue weighted by Gasteiger charge is 2.16. The second kappa shape index (κ2) is 8.61. The first kappa shape index (κ1) is 18.7. The average molecular weight is 387 g/mol. The zero-order chi connectivity index (χ0) is 20.1. The van der Waals surface area contributed by atoms with Crippen LogP contribution in [-0.4, -0.2) is 24.9 Å². The Bertz CT molecular complexity index is 1030. The summed E-state index contributed by atoms with van der Waals surface area (Å²) in [4.78, 5) is 25.0. The van der Waals surface area contributed by atoms with E-state index in [4.69, 9.17) is 9.47 Å². The summed E-state index contributed by atoms with van der Waals surface area (Å²) in [6.07, 6.45) is 0.232. The minimum absolute atomic E-state index is 0.103. The molecule has 0 atom stereocenters. The van der Waals surface area contributed by atoms with Crippen LogP contribution in [0.25, 0.3) is 11.1 Å². The highest BCUT2D eigenvalue weighted by molar-refractivity contribution is 6.01. The van der Waals surface area contributed by atoms with Crippen molar-refractivity contribution in [1.29, 1.82) is 0 Å². The molecule has 1 aliphatic heterocycles. The number of nitrogens with one attached hydrogen (secondary N) is 1. The molecule has 0 aliphatic carbocycles. The number of amides is 1. The van der Waals surface area contributed by atoms with E-state index < -0.39 is 0 Å². The van der Waals surface area contributed by atoms with E-state index in [2.05, 4.69) is 5.32 Å². The summed E-state index contributed by atoms with van der Waals surface area (Å²) in [6, 6.07) is 22.6. The monoisotopic (exact) mass is 387 g/mol. The largest absolute Gasteiger partial charge is 0.486 e. The number of fused-ring (bicyclic) bond motifs is 1. The lowest BCUT2D eigenvalue weighted by Crippen LogP contribution is -2.16. The molecular weight excluding hydrogens is 366 g/mol. The van der Waals surface area contributed by atoms with E-state index in [0.717, 1.165) is 16.8 Å². The summed E-state index contributed by atoms with van der Waals surface area (Å²) in [5.74, 6) is 0.916. The Morgan fingerprint density at radius 3 is 2.34 bits per heavy atom. The van der Waals surface area contributed by atoms with Crippen molar-refractivity contribution in [2.24, 2.45) is 0 Å². The van der Waals surface area contributed by atoms with Gasteiger partial charge in [0.05, 0.1) is 0 Å². The molecule has 3 aromatic rings. The minimum Gasteiger partial charge on any atom is -0.486 e. The third-order valence-corrected chi connectivity index (χ3v) is 4.73. The molecule has 1 aliphatic rings. The van der Waals surface area contributed by atoms with E-state index in [1.807, 2.05) is 54.6 Å². The molecule has 3 aromatic carbocycles. The van der Waals surface area contributed by atoms with Gasteiger partial charge in [-0.1, -0.05) is 48.5 Å². The first-order valence-corrected chi connectivity index (χ1v) is 9.58. The standard InChI is InChI=1S/C24H21NO4/c26-21(18-10-12-22-23(16-18)29-15-14-28-22)11-13-24(27)25-20-9-5-4-8-19(20)17-6-2-1-3-7-17/h1-10,12,16H,11,13-15H2,(H,25,27). The summed E-state index contributed by atoms with van der Waals surface area (Å²) in [6.45, 7) is 0.971. The van der Waals surface area contributed by atoms with Gasteiger partial charge >= 0.3 is 0 Å². The topological polar surface area (TPSA) is 64.6 Å². The third kappa shape index (κ3) is 4.46. The van der Waals surface area contributed by atoms with Crippen molar-refractivity contribution in [1.82, 2.24) is 0 Å². The van der Waals surface area contributed by atoms with Gasteiger partial charge in [0.15, 0.2) is 17.3 Å². The molecule has 146 valence electrons. The fourth-order valence-corrected chi connectivity index (χ4v) is 3.26. The van der Waals surface area contributed by atoms with Crippen molar-refractivity contribution < 1.29 is 19.1 Å². The Hall–Kier alpha value is -3.60. The van der Waals surface area contributed by atoms with E-state index in [1.54, 1.807) is 18.2 Å². The SMILES string of the molecule is O=C(CCC(=O)c1ccc2c(c1)OCCO2)Nc1ccccc1-c1ccccc1. The van der Waals surface area contributed by atoms with Gasteiger partial charge < -0.3 is 14.8 Å². The van der Waals surface area contributed by atoms with Gasteiger partial charge in [-0.05, 0) is 29.8 Å². The van der Waals surface area contributed by atoms with Gasteiger partial charge in [-0.15, -0.1) is 0 Å². The summed E-state index contributed by atoms with van der Waals surface area (Å²) < 4.78 is 11.0. The predicted molar refractivity (Wildman–Crippen MR) is 112 cm³/mol. The molecule has 29 heavy (non-hydrogen) atoms. The zero-order valence-electron chi connectivity index (χ0n) is 15.9. The number of hydrogen-bond acceptors (Lipinski definition) is 4. The van der Waals surface area contributed by atoms with Gasteiger partial charge in [0.2, 0.25) is 5.91 Å². The molecule has 1 amide bonds. The van der Waals surface area contributed by atoms with Crippen LogP contribution >= 0.6 is 0 Å². The Morgan fingerprint density at radius 2 is 1.52 bits per heavy atom. The first-order chi connectivity index (χ1) is 14.2. The predicted octanol–water partition coefficient (Wildman–Crippen LogP) is 4.73. The highest BCUT2D eigenvalue weighted by Crippen LogP contribution is 2.31. The number of ketones is 1. The van der Waals surface area contributed by atoms with Crippen molar-refractivity contribution >= 4 is 17.4 Å². The molecule has 0 fully saturated rings. The lowest BCUT2D eigenvalue weighted by molar-refractivity contribution is -0.116. The molecule has 0 radical (unpaired) electrons. The van der Waals surface area contributed by atoms with Crippen molar-refractivity contribution in [3.8, 4) is 22.6 Å². The van der Waals surface area contributed by atoms with E-state index in [1.165, 1.54) is 0 Å². The van der Waals surface area contributed by atoms with Crippen LogP contribution in [0.3, 0.4) is 0 Å². The van der Waals surface area contributed by atoms with Crippen LogP contribution in [0, 0.1) is 0 Å². The number of para-hydroxylation sites is 1. The molecule has 0 aromatic heterocycles. The molecule has 5 heteroatoms. The van der Waals surface area contributed by atoms with Crippen LogP contribution in [0.15, 0.2) is 72.8 Å². The summed E-state index contributed by atoms with van der Waals surface area (Å²) in [7, 11) is 0. The fraction of sp³-hybridized carbons (Fsp3) is 0.167. The molecule has 0 bridgehead atoms.